The van der Waals surface area contributed by atoms with Gasteiger partial charge < -0.3 is 4.90 Å². The van der Waals surface area contributed by atoms with E-state index in [1.165, 1.54) is 100 Å². The molecule has 0 amide bonds. The average molecular weight is 858 g/mol. The van der Waals surface area contributed by atoms with E-state index in [-0.39, 0.29) is 0 Å². The summed E-state index contributed by atoms with van der Waals surface area (Å²) in [6.45, 7) is 0. The number of hydrogen-bond donors (Lipinski definition) is 0. The van der Waals surface area contributed by atoms with Crippen LogP contribution < -0.4 is 4.90 Å². The standard InChI is InChI=1S/C66H51N/c1-7-19-58-49(13-1)31-32-50-14-2-8-20-59(50)64(58)43-46-25-37-55(38-26-46)67(56-39-27-47(28-40-56)44-65-60-21-9-3-15-51(60)33-34-52-16-4-10-22-61(52)65)57-41-29-48(30-42-57)45-66-62-23-11-5-17-53(62)35-36-54-18-6-12-24-63(54)66/h1-30,37-45H,31-36H2. The lowest BCUT2D eigenvalue weighted by molar-refractivity contribution is 0.965. The zero-order valence-electron chi connectivity index (χ0n) is 37.7. The first-order valence-corrected chi connectivity index (χ1v) is 24.0. The molecule has 12 rings (SSSR count). The van der Waals surface area contributed by atoms with Crippen molar-refractivity contribution < 1.29 is 0 Å². The number of nitrogens with zero attached hydrogens (tertiary/aromatic N) is 1. The van der Waals surface area contributed by atoms with Crippen LogP contribution in [0, 0.1) is 0 Å². The number of rotatable bonds is 6. The van der Waals surface area contributed by atoms with Crippen LogP contribution >= 0.6 is 0 Å². The van der Waals surface area contributed by atoms with Gasteiger partial charge in [0.15, 0.2) is 0 Å². The minimum atomic E-state index is 1.05. The number of hydrogen-bond acceptors (Lipinski definition) is 1. The Balaban J connectivity index is 0.942. The van der Waals surface area contributed by atoms with Crippen LogP contribution in [0.2, 0.25) is 0 Å². The summed E-state index contributed by atoms with van der Waals surface area (Å²) in [7, 11) is 0. The Bertz CT molecular complexity index is 2870. The van der Waals surface area contributed by atoms with Gasteiger partial charge in [-0.05, 0) is 193 Å². The molecule has 3 aliphatic carbocycles. The lowest BCUT2D eigenvalue weighted by Crippen LogP contribution is -2.10. The maximum Gasteiger partial charge on any atom is 0.0462 e. The van der Waals surface area contributed by atoms with Gasteiger partial charge in [-0.25, -0.2) is 0 Å². The van der Waals surface area contributed by atoms with Gasteiger partial charge in [0.25, 0.3) is 0 Å². The van der Waals surface area contributed by atoms with E-state index < -0.39 is 0 Å². The Morgan fingerprint density at radius 3 is 0.627 bits per heavy atom. The second kappa shape index (κ2) is 17.8. The number of anilines is 3. The van der Waals surface area contributed by atoms with Crippen molar-refractivity contribution in [1.82, 2.24) is 0 Å². The Labute approximate surface area is 395 Å². The molecule has 0 heterocycles. The number of fused-ring (bicyclic) bond motifs is 6. The van der Waals surface area contributed by atoms with Gasteiger partial charge in [-0.15, -0.1) is 0 Å². The lowest BCUT2D eigenvalue weighted by atomic mass is 9.92. The van der Waals surface area contributed by atoms with Gasteiger partial charge in [-0.2, -0.15) is 0 Å². The number of benzene rings is 9. The van der Waals surface area contributed by atoms with Crippen molar-refractivity contribution in [3.63, 3.8) is 0 Å². The van der Waals surface area contributed by atoms with E-state index in [9.17, 15) is 0 Å². The summed E-state index contributed by atoms with van der Waals surface area (Å²) < 4.78 is 0. The fourth-order valence-corrected chi connectivity index (χ4v) is 10.8. The molecule has 67 heavy (non-hydrogen) atoms. The molecule has 0 unspecified atom stereocenters. The Morgan fingerprint density at radius 2 is 0.418 bits per heavy atom. The molecule has 1 nitrogen and oxygen atoms in total. The van der Waals surface area contributed by atoms with Gasteiger partial charge in [0.05, 0.1) is 0 Å². The van der Waals surface area contributed by atoms with E-state index in [1.54, 1.807) is 0 Å². The summed E-state index contributed by atoms with van der Waals surface area (Å²) in [5.41, 5.74) is 27.2. The van der Waals surface area contributed by atoms with Crippen LogP contribution in [0.15, 0.2) is 218 Å². The van der Waals surface area contributed by atoms with Gasteiger partial charge in [0.1, 0.15) is 0 Å². The van der Waals surface area contributed by atoms with Crippen LogP contribution in [0.5, 0.6) is 0 Å². The molecule has 0 atom stereocenters. The molecule has 0 saturated carbocycles. The van der Waals surface area contributed by atoms with Gasteiger partial charge in [-0.3, -0.25) is 0 Å². The summed E-state index contributed by atoms with van der Waals surface area (Å²) in [5.74, 6) is 0. The molecule has 0 bridgehead atoms. The third-order valence-corrected chi connectivity index (χ3v) is 14.2. The van der Waals surface area contributed by atoms with E-state index in [2.05, 4.69) is 242 Å². The zero-order valence-corrected chi connectivity index (χ0v) is 37.7. The number of aryl methyl sites for hydroxylation is 6. The van der Waals surface area contributed by atoms with Crippen molar-refractivity contribution in [2.24, 2.45) is 0 Å². The zero-order chi connectivity index (χ0) is 44.5. The predicted molar refractivity (Wildman–Crippen MR) is 283 cm³/mol. The van der Waals surface area contributed by atoms with Gasteiger partial charge >= 0.3 is 0 Å². The maximum absolute atomic E-state index is 2.40. The highest BCUT2D eigenvalue weighted by Crippen LogP contribution is 2.41. The summed E-state index contributed by atoms with van der Waals surface area (Å²) in [5, 5.41) is 0. The molecule has 0 fully saturated rings. The normalized spacial score (nSPS) is 13.5. The molecule has 3 aliphatic rings. The van der Waals surface area contributed by atoms with Crippen LogP contribution in [0.1, 0.15) is 83.5 Å². The van der Waals surface area contributed by atoms with Gasteiger partial charge in [0, 0.05) is 17.1 Å². The van der Waals surface area contributed by atoms with Crippen molar-refractivity contribution >= 4 is 52.0 Å². The van der Waals surface area contributed by atoms with Gasteiger partial charge in [0.2, 0.25) is 0 Å². The SMILES string of the molecule is C(=C1c2ccccc2CCc2ccccc21)c1ccc(N(c2ccc(C=C3c4ccccc4CCc4ccccc43)cc2)c2ccc(C=C3c4ccccc4CCc4ccccc43)cc2)cc1. The average Bonchev–Trinajstić information content (AvgIpc) is 3.73. The summed E-state index contributed by atoms with van der Waals surface area (Å²) >= 11 is 0. The highest BCUT2D eigenvalue weighted by atomic mass is 15.1. The molecule has 320 valence electrons. The summed E-state index contributed by atoms with van der Waals surface area (Å²) in [6, 6.07) is 81.0. The Kier molecular flexibility index (Phi) is 10.7. The van der Waals surface area contributed by atoms with Gasteiger partial charge in [-0.1, -0.05) is 182 Å². The molecule has 0 saturated heterocycles. The fraction of sp³-hybridized carbons (Fsp3) is 0.0909. The van der Waals surface area contributed by atoms with E-state index in [1.807, 2.05) is 0 Å². The quantitative estimate of drug-likeness (QED) is 0.161. The van der Waals surface area contributed by atoms with Crippen molar-refractivity contribution in [3.05, 3.63) is 302 Å². The molecule has 9 aromatic carbocycles. The van der Waals surface area contributed by atoms with Crippen molar-refractivity contribution in [2.45, 2.75) is 38.5 Å². The summed E-state index contributed by atoms with van der Waals surface area (Å²) in [6.07, 6.45) is 13.4. The predicted octanol–water partition coefficient (Wildman–Crippen LogP) is 16.2. The smallest absolute Gasteiger partial charge is 0.0462 e. The van der Waals surface area contributed by atoms with E-state index in [0.29, 0.717) is 0 Å². The topological polar surface area (TPSA) is 3.24 Å². The van der Waals surface area contributed by atoms with Crippen molar-refractivity contribution in [2.75, 3.05) is 4.90 Å². The van der Waals surface area contributed by atoms with E-state index in [4.69, 9.17) is 0 Å². The molecule has 0 aliphatic heterocycles. The van der Waals surface area contributed by atoms with Crippen LogP contribution in [0.25, 0.3) is 34.9 Å². The Hall–Kier alpha value is -8.00. The van der Waals surface area contributed by atoms with Crippen molar-refractivity contribution in [3.8, 4) is 0 Å². The molecular formula is C66H51N. The van der Waals surface area contributed by atoms with E-state index in [0.717, 1.165) is 55.6 Å². The lowest BCUT2D eigenvalue weighted by Gasteiger charge is -2.26. The minimum absolute atomic E-state index is 1.05. The molecule has 9 aromatic rings. The largest absolute Gasteiger partial charge is 0.311 e. The highest BCUT2D eigenvalue weighted by molar-refractivity contribution is 5.97. The first kappa shape index (κ1) is 40.5. The second-order valence-corrected chi connectivity index (χ2v) is 18.2. The maximum atomic E-state index is 2.40. The summed E-state index contributed by atoms with van der Waals surface area (Å²) in [4.78, 5) is 2.40. The first-order chi connectivity index (χ1) is 33.2. The third kappa shape index (κ3) is 7.98. The van der Waals surface area contributed by atoms with Crippen LogP contribution in [-0.4, -0.2) is 0 Å². The monoisotopic (exact) mass is 857 g/mol. The highest BCUT2D eigenvalue weighted by Gasteiger charge is 2.21. The molecule has 0 spiro atoms. The molecule has 0 N–H and O–H groups in total. The molecule has 0 radical (unpaired) electrons. The third-order valence-electron chi connectivity index (χ3n) is 14.2. The first-order valence-electron chi connectivity index (χ1n) is 24.0. The fourth-order valence-electron chi connectivity index (χ4n) is 10.8. The molecule has 1 heteroatoms. The molecule has 0 aromatic heterocycles. The Morgan fingerprint density at radius 1 is 0.224 bits per heavy atom. The van der Waals surface area contributed by atoms with Crippen molar-refractivity contribution in [1.29, 1.82) is 0 Å². The van der Waals surface area contributed by atoms with E-state index >= 15 is 0 Å². The molecular weight excluding hydrogens is 807 g/mol. The van der Waals surface area contributed by atoms with Crippen LogP contribution in [0.4, 0.5) is 17.1 Å². The van der Waals surface area contributed by atoms with Crippen LogP contribution in [-0.2, 0) is 38.5 Å². The second-order valence-electron chi connectivity index (χ2n) is 18.2. The van der Waals surface area contributed by atoms with Crippen LogP contribution in [0.3, 0.4) is 0 Å². The minimum Gasteiger partial charge on any atom is -0.311 e.